The van der Waals surface area contributed by atoms with Gasteiger partial charge in [-0.25, -0.2) is 0 Å². The van der Waals surface area contributed by atoms with Gasteiger partial charge in [0.25, 0.3) is 0 Å². The molecule has 2 rings (SSSR count). The highest BCUT2D eigenvalue weighted by molar-refractivity contribution is 7.12. The van der Waals surface area contributed by atoms with E-state index in [4.69, 9.17) is 5.11 Å². The van der Waals surface area contributed by atoms with Crippen LogP contribution >= 0.6 is 11.3 Å². The second-order valence-electron chi connectivity index (χ2n) is 3.24. The Kier molecular flexibility index (Phi) is 1.77. The predicted molar refractivity (Wildman–Crippen MR) is 47.4 cm³/mol. The molecule has 12 heavy (non-hydrogen) atoms. The van der Waals surface area contributed by atoms with Crippen molar-refractivity contribution in [2.45, 2.75) is 12.8 Å². The van der Waals surface area contributed by atoms with E-state index in [0.717, 1.165) is 17.7 Å². The highest BCUT2D eigenvalue weighted by Gasteiger charge is 2.49. The molecule has 0 amide bonds. The van der Waals surface area contributed by atoms with Gasteiger partial charge in [0.15, 0.2) is 5.78 Å². The lowest BCUT2D eigenvalue weighted by atomic mass is 10.0. The number of carbonyl (C=O) groups excluding carboxylic acids is 1. The molecule has 0 saturated heterocycles. The monoisotopic (exact) mass is 182 g/mol. The Labute approximate surface area is 74.8 Å². The second-order valence-corrected chi connectivity index (χ2v) is 4.19. The molecule has 1 aliphatic carbocycles. The van der Waals surface area contributed by atoms with Gasteiger partial charge in [-0.3, -0.25) is 4.79 Å². The standard InChI is InChI=1S/C9H10O2S/c10-6-9(3-4-9)8(11)7-2-1-5-12-7/h1-2,5,10H,3-4,6H2. The molecule has 64 valence electrons. The number of hydrogen-bond acceptors (Lipinski definition) is 3. The van der Waals surface area contributed by atoms with Crippen molar-refractivity contribution in [2.75, 3.05) is 6.61 Å². The van der Waals surface area contributed by atoms with E-state index >= 15 is 0 Å². The van der Waals surface area contributed by atoms with Crippen molar-refractivity contribution in [2.24, 2.45) is 5.41 Å². The summed E-state index contributed by atoms with van der Waals surface area (Å²) in [5.74, 6) is 0.125. The van der Waals surface area contributed by atoms with Gasteiger partial charge in [-0.15, -0.1) is 11.3 Å². The molecule has 1 aromatic heterocycles. The number of carbonyl (C=O) groups is 1. The van der Waals surface area contributed by atoms with Crippen LogP contribution in [0, 0.1) is 5.41 Å². The summed E-state index contributed by atoms with van der Waals surface area (Å²) >= 11 is 1.45. The van der Waals surface area contributed by atoms with Gasteiger partial charge in [-0.2, -0.15) is 0 Å². The fraction of sp³-hybridized carbons (Fsp3) is 0.444. The fourth-order valence-electron chi connectivity index (χ4n) is 1.28. The van der Waals surface area contributed by atoms with E-state index in [1.165, 1.54) is 11.3 Å². The molecular formula is C9H10O2S. The highest BCUT2D eigenvalue weighted by atomic mass is 32.1. The van der Waals surface area contributed by atoms with Gasteiger partial charge >= 0.3 is 0 Å². The van der Waals surface area contributed by atoms with Gasteiger partial charge in [0.2, 0.25) is 0 Å². The SMILES string of the molecule is O=C(c1cccs1)C1(CO)CC1. The van der Waals surface area contributed by atoms with Crippen LogP contribution < -0.4 is 0 Å². The fourth-order valence-corrected chi connectivity index (χ4v) is 2.06. The summed E-state index contributed by atoms with van der Waals surface area (Å²) in [7, 11) is 0. The van der Waals surface area contributed by atoms with Crippen molar-refractivity contribution in [3.63, 3.8) is 0 Å². The van der Waals surface area contributed by atoms with Crippen molar-refractivity contribution in [1.29, 1.82) is 0 Å². The smallest absolute Gasteiger partial charge is 0.181 e. The van der Waals surface area contributed by atoms with E-state index in [-0.39, 0.29) is 12.4 Å². The van der Waals surface area contributed by atoms with Gasteiger partial charge in [0, 0.05) is 0 Å². The number of ketones is 1. The lowest BCUT2D eigenvalue weighted by Gasteiger charge is -2.07. The van der Waals surface area contributed by atoms with Crippen molar-refractivity contribution in [3.8, 4) is 0 Å². The molecule has 3 heteroatoms. The molecule has 0 bridgehead atoms. The number of aliphatic hydroxyl groups is 1. The molecule has 1 fully saturated rings. The molecule has 1 heterocycles. The van der Waals surface area contributed by atoms with Gasteiger partial charge in [0.05, 0.1) is 16.9 Å². The van der Waals surface area contributed by atoms with Gasteiger partial charge in [-0.05, 0) is 24.3 Å². The van der Waals surface area contributed by atoms with Crippen LogP contribution in [0.2, 0.25) is 0 Å². The average Bonchev–Trinajstić information content (AvgIpc) is 2.71. The topological polar surface area (TPSA) is 37.3 Å². The van der Waals surface area contributed by atoms with Gasteiger partial charge in [0.1, 0.15) is 0 Å². The number of rotatable bonds is 3. The first kappa shape index (κ1) is 7.95. The van der Waals surface area contributed by atoms with Crippen LogP contribution in [0.25, 0.3) is 0 Å². The maximum atomic E-state index is 11.7. The van der Waals surface area contributed by atoms with Crippen LogP contribution in [0.5, 0.6) is 0 Å². The summed E-state index contributed by atoms with van der Waals surface area (Å²) in [6.45, 7) is 0.00370. The molecule has 1 N–H and O–H groups in total. The lowest BCUT2D eigenvalue weighted by molar-refractivity contribution is 0.0834. The maximum absolute atomic E-state index is 11.7. The molecule has 1 aromatic rings. The van der Waals surface area contributed by atoms with Crippen LogP contribution in [0.15, 0.2) is 17.5 Å². The number of hydrogen-bond donors (Lipinski definition) is 1. The molecule has 0 atom stereocenters. The van der Waals surface area contributed by atoms with Crippen molar-refractivity contribution >= 4 is 17.1 Å². The van der Waals surface area contributed by atoms with E-state index in [9.17, 15) is 4.79 Å². The van der Waals surface area contributed by atoms with Crippen LogP contribution in [0.1, 0.15) is 22.5 Å². The van der Waals surface area contributed by atoms with Crippen LogP contribution in [0.4, 0.5) is 0 Å². The zero-order valence-corrected chi connectivity index (χ0v) is 7.43. The number of aliphatic hydroxyl groups excluding tert-OH is 1. The third-order valence-electron chi connectivity index (χ3n) is 2.38. The highest BCUT2D eigenvalue weighted by Crippen LogP contribution is 2.48. The van der Waals surface area contributed by atoms with Crippen molar-refractivity contribution in [1.82, 2.24) is 0 Å². The Morgan fingerprint density at radius 3 is 2.83 bits per heavy atom. The van der Waals surface area contributed by atoms with E-state index in [1.54, 1.807) is 0 Å². The first-order valence-corrected chi connectivity index (χ1v) is 4.86. The predicted octanol–water partition coefficient (Wildman–Crippen LogP) is 1.70. The van der Waals surface area contributed by atoms with Crippen molar-refractivity contribution < 1.29 is 9.90 Å². The maximum Gasteiger partial charge on any atom is 0.181 e. The molecule has 0 spiro atoms. The zero-order chi connectivity index (χ0) is 8.60. The second kappa shape index (κ2) is 2.68. The Morgan fingerprint density at radius 2 is 2.42 bits per heavy atom. The van der Waals surface area contributed by atoms with Crippen molar-refractivity contribution in [3.05, 3.63) is 22.4 Å². The average molecular weight is 182 g/mol. The first-order valence-electron chi connectivity index (χ1n) is 3.98. The van der Waals surface area contributed by atoms with Gasteiger partial charge < -0.3 is 5.11 Å². The Morgan fingerprint density at radius 1 is 1.67 bits per heavy atom. The molecule has 2 nitrogen and oxygen atoms in total. The largest absolute Gasteiger partial charge is 0.395 e. The lowest BCUT2D eigenvalue weighted by Crippen LogP contribution is -2.18. The summed E-state index contributed by atoms with van der Waals surface area (Å²) < 4.78 is 0. The molecule has 0 aliphatic heterocycles. The van der Waals surface area contributed by atoms with Crippen LogP contribution in [0.3, 0.4) is 0 Å². The van der Waals surface area contributed by atoms with Crippen LogP contribution in [-0.2, 0) is 0 Å². The summed E-state index contributed by atoms with van der Waals surface area (Å²) in [6, 6.07) is 3.69. The van der Waals surface area contributed by atoms with E-state index in [0.29, 0.717) is 0 Å². The third-order valence-corrected chi connectivity index (χ3v) is 3.25. The molecule has 0 aromatic carbocycles. The van der Waals surface area contributed by atoms with E-state index < -0.39 is 5.41 Å². The molecule has 1 saturated carbocycles. The van der Waals surface area contributed by atoms with E-state index in [1.807, 2.05) is 17.5 Å². The number of thiophene rings is 1. The molecule has 0 unspecified atom stereocenters. The minimum Gasteiger partial charge on any atom is -0.395 e. The normalized spacial score (nSPS) is 19.1. The van der Waals surface area contributed by atoms with E-state index in [2.05, 4.69) is 0 Å². The molecular weight excluding hydrogens is 172 g/mol. The zero-order valence-electron chi connectivity index (χ0n) is 6.62. The molecule has 0 radical (unpaired) electrons. The molecule has 1 aliphatic rings. The summed E-state index contributed by atoms with van der Waals surface area (Å²) in [5, 5.41) is 10.9. The Hall–Kier alpha value is -0.670. The van der Waals surface area contributed by atoms with Crippen LogP contribution in [-0.4, -0.2) is 17.5 Å². The summed E-state index contributed by atoms with van der Waals surface area (Å²) in [4.78, 5) is 12.5. The minimum absolute atomic E-state index is 0.00370. The third kappa shape index (κ3) is 1.09. The number of Topliss-reactive ketones (excluding diaryl/α,β-unsaturated/α-hetero) is 1. The minimum atomic E-state index is -0.398. The summed E-state index contributed by atoms with van der Waals surface area (Å²) in [6.07, 6.45) is 1.69. The quantitative estimate of drug-likeness (QED) is 0.722. The Balaban J connectivity index is 2.21. The van der Waals surface area contributed by atoms with Gasteiger partial charge in [-0.1, -0.05) is 6.07 Å². The Bertz CT molecular complexity index is 285. The first-order chi connectivity index (χ1) is 5.78. The summed E-state index contributed by atoms with van der Waals surface area (Å²) in [5.41, 5.74) is -0.398.